The van der Waals surface area contributed by atoms with E-state index in [9.17, 15) is 0 Å². The second kappa shape index (κ2) is 16.4. The van der Waals surface area contributed by atoms with Crippen LogP contribution in [0.5, 0.6) is 11.5 Å². The standard InChI is InChI=1S/C52H58N2OS.C2H6/c1-49(2,3)35-13-21-39(22-14-35)53(40-23-15-36(16-24-40)50(4,5)6)43-29-31-47-45(33-43)55-46-34-44(30-32-48(46)56-47)54(41-25-17-37(18-26-41)51(7,8)9)42-27-19-38(20-28-42)52(10,11)12;1-2/h13-34H,1-12H3;1-2H3. The van der Waals surface area contributed by atoms with E-state index in [4.69, 9.17) is 4.74 Å². The van der Waals surface area contributed by atoms with Gasteiger partial charge in [0.2, 0.25) is 0 Å². The quantitative estimate of drug-likeness (QED) is 0.167. The summed E-state index contributed by atoms with van der Waals surface area (Å²) >= 11 is 1.76. The van der Waals surface area contributed by atoms with E-state index in [1.807, 2.05) is 13.8 Å². The van der Waals surface area contributed by atoms with Crippen molar-refractivity contribution in [3.8, 4) is 11.5 Å². The minimum absolute atomic E-state index is 0.0716. The second-order valence-corrected chi connectivity index (χ2v) is 20.4. The van der Waals surface area contributed by atoms with Crippen molar-refractivity contribution in [1.29, 1.82) is 0 Å². The number of anilines is 6. The molecule has 4 heteroatoms. The summed E-state index contributed by atoms with van der Waals surface area (Å²) in [5, 5.41) is 0. The summed E-state index contributed by atoms with van der Waals surface area (Å²) in [6.07, 6.45) is 0. The molecule has 0 spiro atoms. The Hall–Kier alpha value is -4.93. The first-order chi connectivity index (χ1) is 27.3. The van der Waals surface area contributed by atoms with Crippen molar-refractivity contribution in [3.05, 3.63) is 156 Å². The third-order valence-corrected chi connectivity index (χ3v) is 11.9. The molecule has 0 radical (unpaired) electrons. The predicted molar refractivity (Wildman–Crippen MR) is 253 cm³/mol. The normalized spacial score (nSPS) is 12.7. The number of hydrogen-bond donors (Lipinski definition) is 0. The van der Waals surface area contributed by atoms with Gasteiger partial charge in [0.15, 0.2) is 0 Å². The minimum atomic E-state index is 0.0716. The number of benzene rings is 6. The molecule has 6 aromatic carbocycles. The Kier molecular flexibility index (Phi) is 12.0. The molecule has 0 saturated heterocycles. The van der Waals surface area contributed by atoms with Crippen LogP contribution in [0.4, 0.5) is 34.1 Å². The molecular weight excluding hydrogens is 725 g/mol. The van der Waals surface area contributed by atoms with E-state index in [0.29, 0.717) is 0 Å². The van der Waals surface area contributed by atoms with Gasteiger partial charge in [-0.15, -0.1) is 0 Å². The number of rotatable bonds is 6. The van der Waals surface area contributed by atoms with Crippen molar-refractivity contribution >= 4 is 45.9 Å². The predicted octanol–water partition coefficient (Wildman–Crippen LogP) is 17.1. The van der Waals surface area contributed by atoms with Gasteiger partial charge in [0, 0.05) is 46.3 Å². The van der Waals surface area contributed by atoms with Crippen molar-refractivity contribution in [2.45, 2.75) is 128 Å². The summed E-state index contributed by atoms with van der Waals surface area (Å²) in [7, 11) is 0. The van der Waals surface area contributed by atoms with Gasteiger partial charge in [-0.25, -0.2) is 0 Å². The van der Waals surface area contributed by atoms with Gasteiger partial charge in [0.25, 0.3) is 0 Å². The summed E-state index contributed by atoms with van der Waals surface area (Å²) < 4.78 is 6.88. The maximum Gasteiger partial charge on any atom is 0.143 e. The molecule has 58 heavy (non-hydrogen) atoms. The Bertz CT molecular complexity index is 2030. The van der Waals surface area contributed by atoms with E-state index in [1.54, 1.807) is 11.8 Å². The van der Waals surface area contributed by atoms with E-state index in [1.165, 1.54) is 22.3 Å². The van der Waals surface area contributed by atoms with Gasteiger partial charge in [0.05, 0.1) is 9.79 Å². The zero-order chi connectivity index (χ0) is 42.2. The molecule has 0 saturated carbocycles. The number of nitrogens with zero attached hydrogens (tertiary/aromatic N) is 2. The zero-order valence-electron chi connectivity index (χ0n) is 37.4. The molecule has 6 aromatic rings. The van der Waals surface area contributed by atoms with Crippen LogP contribution in [0.1, 0.15) is 119 Å². The third kappa shape index (κ3) is 9.34. The smallest absolute Gasteiger partial charge is 0.143 e. The number of ether oxygens (including phenoxy) is 1. The van der Waals surface area contributed by atoms with Crippen LogP contribution in [-0.2, 0) is 21.7 Å². The molecule has 302 valence electrons. The monoisotopic (exact) mass is 788 g/mol. The molecule has 1 heterocycles. The molecule has 0 aromatic heterocycles. The van der Waals surface area contributed by atoms with Crippen LogP contribution in [0.25, 0.3) is 0 Å². The average molecular weight is 789 g/mol. The lowest BCUT2D eigenvalue weighted by Crippen LogP contribution is -2.15. The zero-order valence-corrected chi connectivity index (χ0v) is 38.2. The Morgan fingerprint density at radius 1 is 0.328 bits per heavy atom. The fraction of sp³-hybridized carbons (Fsp3) is 0.333. The van der Waals surface area contributed by atoms with E-state index < -0.39 is 0 Å². The van der Waals surface area contributed by atoms with Crippen LogP contribution < -0.4 is 14.5 Å². The average Bonchev–Trinajstić information content (AvgIpc) is 3.17. The van der Waals surface area contributed by atoms with Gasteiger partial charge in [-0.3, -0.25) is 0 Å². The Morgan fingerprint density at radius 3 is 0.776 bits per heavy atom. The highest BCUT2D eigenvalue weighted by Crippen LogP contribution is 2.51. The molecule has 7 rings (SSSR count). The van der Waals surface area contributed by atoms with Gasteiger partial charge in [-0.05, 0) is 117 Å². The fourth-order valence-electron chi connectivity index (χ4n) is 7.17. The van der Waals surface area contributed by atoms with Crippen LogP contribution in [0, 0.1) is 0 Å². The topological polar surface area (TPSA) is 15.7 Å². The van der Waals surface area contributed by atoms with Crippen molar-refractivity contribution in [3.63, 3.8) is 0 Å². The number of fused-ring (bicyclic) bond motifs is 2. The Morgan fingerprint density at radius 2 is 0.552 bits per heavy atom. The van der Waals surface area contributed by atoms with Crippen LogP contribution in [0.3, 0.4) is 0 Å². The maximum atomic E-state index is 6.88. The molecule has 0 N–H and O–H groups in total. The molecular formula is C54H64N2OS. The van der Waals surface area contributed by atoms with Crippen LogP contribution in [-0.4, -0.2) is 0 Å². The summed E-state index contributed by atoms with van der Waals surface area (Å²) in [5.41, 5.74) is 12.1. The van der Waals surface area contributed by atoms with E-state index in [2.05, 4.69) is 226 Å². The lowest BCUT2D eigenvalue weighted by atomic mass is 9.86. The fourth-order valence-corrected chi connectivity index (χ4v) is 8.08. The lowest BCUT2D eigenvalue weighted by Gasteiger charge is -2.30. The lowest BCUT2D eigenvalue weighted by molar-refractivity contribution is 0.455. The largest absolute Gasteiger partial charge is 0.455 e. The Labute approximate surface area is 354 Å². The summed E-state index contributed by atoms with van der Waals surface area (Å²) in [6, 6.07) is 49.2. The highest BCUT2D eigenvalue weighted by atomic mass is 32.2. The van der Waals surface area contributed by atoms with Crippen LogP contribution >= 0.6 is 11.8 Å². The van der Waals surface area contributed by atoms with Crippen molar-refractivity contribution in [2.24, 2.45) is 0 Å². The van der Waals surface area contributed by atoms with Gasteiger partial charge in [-0.1, -0.05) is 157 Å². The molecule has 0 amide bonds. The summed E-state index contributed by atoms with van der Waals surface area (Å²) in [5.74, 6) is 1.71. The van der Waals surface area contributed by atoms with Crippen LogP contribution in [0.2, 0.25) is 0 Å². The maximum absolute atomic E-state index is 6.88. The first-order valence-corrected chi connectivity index (χ1v) is 21.7. The molecule has 0 aliphatic carbocycles. The van der Waals surface area contributed by atoms with Gasteiger partial charge >= 0.3 is 0 Å². The summed E-state index contributed by atoms with van der Waals surface area (Å²) in [4.78, 5) is 6.88. The van der Waals surface area contributed by atoms with E-state index in [0.717, 1.165) is 55.4 Å². The molecule has 0 fully saturated rings. The second-order valence-electron chi connectivity index (χ2n) is 19.3. The first kappa shape index (κ1) is 42.7. The third-order valence-electron chi connectivity index (χ3n) is 10.8. The minimum Gasteiger partial charge on any atom is -0.455 e. The first-order valence-electron chi connectivity index (χ1n) is 20.9. The Balaban J connectivity index is 0.00000279. The van der Waals surface area contributed by atoms with E-state index in [-0.39, 0.29) is 21.7 Å². The molecule has 1 aliphatic heterocycles. The highest BCUT2D eigenvalue weighted by molar-refractivity contribution is 7.99. The van der Waals surface area contributed by atoms with E-state index >= 15 is 0 Å². The highest BCUT2D eigenvalue weighted by Gasteiger charge is 2.25. The van der Waals surface area contributed by atoms with Gasteiger partial charge in [-0.2, -0.15) is 0 Å². The SMILES string of the molecule is CC.CC(C)(C)c1ccc(N(c2ccc(C(C)(C)C)cc2)c2ccc3c(c2)Oc2cc(N(c4ccc(C(C)(C)C)cc4)c4ccc(C(C)(C)C)cc4)ccc2S3)cc1. The molecule has 0 atom stereocenters. The molecule has 0 unspecified atom stereocenters. The van der Waals surface area contributed by atoms with Crippen LogP contribution in [0.15, 0.2) is 143 Å². The van der Waals surface area contributed by atoms with Gasteiger partial charge in [0.1, 0.15) is 11.5 Å². The van der Waals surface area contributed by atoms with Crippen molar-refractivity contribution in [2.75, 3.05) is 9.80 Å². The van der Waals surface area contributed by atoms with Crippen molar-refractivity contribution < 1.29 is 4.74 Å². The number of hydrogen-bond acceptors (Lipinski definition) is 4. The molecule has 1 aliphatic rings. The molecule has 0 bridgehead atoms. The van der Waals surface area contributed by atoms with Crippen molar-refractivity contribution in [1.82, 2.24) is 0 Å². The van der Waals surface area contributed by atoms with Gasteiger partial charge < -0.3 is 14.5 Å². The summed E-state index contributed by atoms with van der Waals surface area (Å²) in [6.45, 7) is 31.1. The molecule has 3 nitrogen and oxygen atoms in total.